The van der Waals surface area contributed by atoms with Crippen molar-refractivity contribution >= 4 is 15.9 Å². The fraction of sp³-hybridized carbons (Fsp3) is 0.625. The van der Waals surface area contributed by atoms with E-state index in [0.717, 1.165) is 21.5 Å². The van der Waals surface area contributed by atoms with Gasteiger partial charge in [-0.25, -0.2) is 0 Å². The Labute approximate surface area is 136 Å². The molecule has 0 radical (unpaired) electrons. The van der Waals surface area contributed by atoms with Crippen LogP contribution in [0, 0.1) is 0 Å². The molecule has 0 atom stereocenters. The third kappa shape index (κ3) is 5.85. The van der Waals surface area contributed by atoms with Crippen molar-refractivity contribution in [1.29, 1.82) is 0 Å². The van der Waals surface area contributed by atoms with Gasteiger partial charge in [0.15, 0.2) is 11.5 Å². The molecule has 0 saturated heterocycles. The van der Waals surface area contributed by atoms with Gasteiger partial charge in [0, 0.05) is 16.6 Å². The van der Waals surface area contributed by atoms with Gasteiger partial charge < -0.3 is 19.9 Å². The fourth-order valence-corrected chi connectivity index (χ4v) is 2.18. The van der Waals surface area contributed by atoms with Gasteiger partial charge in [-0.15, -0.1) is 0 Å². The molecule has 1 rings (SSSR count). The molecule has 1 aromatic carbocycles. The van der Waals surface area contributed by atoms with Gasteiger partial charge >= 0.3 is 0 Å². The standard InChI is InChI=1S/C16H26BrNO3/c1-6-20-14-7-12(9-18-16(4,5)10-19)13(17)8-15(14)21-11(2)3/h7-8,11,18-19H,6,9-10H2,1-5H3. The van der Waals surface area contributed by atoms with E-state index in [0.29, 0.717) is 13.2 Å². The Morgan fingerprint density at radius 1 is 1.29 bits per heavy atom. The maximum Gasteiger partial charge on any atom is 0.162 e. The van der Waals surface area contributed by atoms with Crippen molar-refractivity contribution in [2.24, 2.45) is 0 Å². The molecule has 4 nitrogen and oxygen atoms in total. The summed E-state index contributed by atoms with van der Waals surface area (Å²) in [6.07, 6.45) is 0.0911. The van der Waals surface area contributed by atoms with Crippen LogP contribution in [0.5, 0.6) is 11.5 Å². The van der Waals surface area contributed by atoms with Crippen LogP contribution in [0.4, 0.5) is 0 Å². The maximum atomic E-state index is 9.30. The van der Waals surface area contributed by atoms with Gasteiger partial charge in [0.25, 0.3) is 0 Å². The first-order chi connectivity index (χ1) is 9.79. The minimum Gasteiger partial charge on any atom is -0.490 e. The second-order valence-corrected chi connectivity index (χ2v) is 6.74. The summed E-state index contributed by atoms with van der Waals surface area (Å²) in [4.78, 5) is 0. The molecule has 5 heteroatoms. The molecular formula is C16H26BrNO3. The Hall–Kier alpha value is -0.780. The lowest BCUT2D eigenvalue weighted by Gasteiger charge is -2.24. The molecule has 0 unspecified atom stereocenters. The minimum atomic E-state index is -0.321. The van der Waals surface area contributed by atoms with E-state index in [4.69, 9.17) is 9.47 Å². The minimum absolute atomic E-state index is 0.0808. The Morgan fingerprint density at radius 3 is 2.48 bits per heavy atom. The summed E-state index contributed by atoms with van der Waals surface area (Å²) >= 11 is 3.57. The van der Waals surface area contributed by atoms with Crippen molar-refractivity contribution in [3.8, 4) is 11.5 Å². The molecule has 0 amide bonds. The summed E-state index contributed by atoms with van der Waals surface area (Å²) in [5.74, 6) is 1.48. The Morgan fingerprint density at radius 2 is 1.95 bits per heavy atom. The lowest BCUT2D eigenvalue weighted by atomic mass is 10.1. The fourth-order valence-electron chi connectivity index (χ4n) is 1.72. The van der Waals surface area contributed by atoms with E-state index in [9.17, 15) is 5.11 Å². The number of aliphatic hydroxyl groups is 1. The highest BCUT2D eigenvalue weighted by Crippen LogP contribution is 2.34. The zero-order valence-electron chi connectivity index (χ0n) is 13.5. The third-order valence-electron chi connectivity index (χ3n) is 2.93. The molecule has 0 aliphatic heterocycles. The van der Waals surface area contributed by atoms with Crippen molar-refractivity contribution in [1.82, 2.24) is 5.32 Å². The van der Waals surface area contributed by atoms with Gasteiger partial charge in [0.05, 0.1) is 19.3 Å². The number of benzene rings is 1. The predicted molar refractivity (Wildman–Crippen MR) is 89.1 cm³/mol. The number of rotatable bonds is 8. The molecule has 0 bridgehead atoms. The molecule has 2 N–H and O–H groups in total. The lowest BCUT2D eigenvalue weighted by Crippen LogP contribution is -2.42. The largest absolute Gasteiger partial charge is 0.490 e. The Kier molecular flexibility index (Phi) is 6.97. The van der Waals surface area contributed by atoms with E-state index in [-0.39, 0.29) is 18.2 Å². The summed E-state index contributed by atoms with van der Waals surface area (Å²) in [6, 6.07) is 3.92. The molecule has 1 aromatic rings. The highest BCUT2D eigenvalue weighted by Gasteiger charge is 2.17. The molecular weight excluding hydrogens is 334 g/mol. The molecule has 0 heterocycles. The van der Waals surface area contributed by atoms with Crippen molar-refractivity contribution in [2.75, 3.05) is 13.2 Å². The second-order valence-electron chi connectivity index (χ2n) is 5.89. The summed E-state index contributed by atoms with van der Waals surface area (Å²) in [5, 5.41) is 12.6. The summed E-state index contributed by atoms with van der Waals surface area (Å²) in [5.41, 5.74) is 0.745. The monoisotopic (exact) mass is 359 g/mol. The average molecular weight is 360 g/mol. The van der Waals surface area contributed by atoms with E-state index in [1.165, 1.54) is 0 Å². The van der Waals surface area contributed by atoms with E-state index >= 15 is 0 Å². The first-order valence-corrected chi connectivity index (χ1v) is 8.06. The zero-order chi connectivity index (χ0) is 16.0. The molecule has 120 valence electrons. The van der Waals surface area contributed by atoms with Crippen LogP contribution >= 0.6 is 15.9 Å². The number of hydrogen-bond donors (Lipinski definition) is 2. The first kappa shape index (κ1) is 18.3. The Bertz CT molecular complexity index is 461. The van der Waals surface area contributed by atoms with Crippen LogP contribution < -0.4 is 14.8 Å². The van der Waals surface area contributed by atoms with Gasteiger partial charge in [0.2, 0.25) is 0 Å². The molecule has 0 fully saturated rings. The second kappa shape index (κ2) is 8.01. The van der Waals surface area contributed by atoms with E-state index in [2.05, 4.69) is 21.2 Å². The van der Waals surface area contributed by atoms with E-state index in [1.807, 2.05) is 46.8 Å². The normalized spacial score (nSPS) is 11.8. The van der Waals surface area contributed by atoms with Crippen LogP contribution in [0.25, 0.3) is 0 Å². The van der Waals surface area contributed by atoms with Gasteiger partial charge in [-0.2, -0.15) is 0 Å². The van der Waals surface area contributed by atoms with Crippen LogP contribution in [0.15, 0.2) is 16.6 Å². The van der Waals surface area contributed by atoms with E-state index < -0.39 is 0 Å². The topological polar surface area (TPSA) is 50.7 Å². The third-order valence-corrected chi connectivity index (χ3v) is 3.67. The molecule has 0 aliphatic carbocycles. The van der Waals surface area contributed by atoms with E-state index in [1.54, 1.807) is 0 Å². The number of hydrogen-bond acceptors (Lipinski definition) is 4. The van der Waals surface area contributed by atoms with Gasteiger partial charge in [0.1, 0.15) is 0 Å². The van der Waals surface area contributed by atoms with Crippen molar-refractivity contribution in [3.63, 3.8) is 0 Å². The number of ether oxygens (including phenoxy) is 2. The van der Waals surface area contributed by atoms with Crippen molar-refractivity contribution in [3.05, 3.63) is 22.2 Å². The molecule has 0 aliphatic rings. The molecule has 0 spiro atoms. The summed E-state index contributed by atoms with van der Waals surface area (Å²) in [6.45, 7) is 11.2. The van der Waals surface area contributed by atoms with Gasteiger partial charge in [-0.3, -0.25) is 0 Å². The summed E-state index contributed by atoms with van der Waals surface area (Å²) in [7, 11) is 0. The first-order valence-electron chi connectivity index (χ1n) is 7.27. The predicted octanol–water partition coefficient (Wildman–Crippen LogP) is 3.50. The zero-order valence-corrected chi connectivity index (χ0v) is 15.1. The van der Waals surface area contributed by atoms with Crippen molar-refractivity contribution in [2.45, 2.75) is 52.8 Å². The van der Waals surface area contributed by atoms with Gasteiger partial charge in [-0.05, 0) is 52.3 Å². The summed E-state index contributed by atoms with van der Waals surface area (Å²) < 4.78 is 12.4. The SMILES string of the molecule is CCOc1cc(CNC(C)(C)CO)c(Br)cc1OC(C)C. The quantitative estimate of drug-likeness (QED) is 0.745. The van der Waals surface area contributed by atoms with Crippen LogP contribution in [0.1, 0.15) is 40.2 Å². The van der Waals surface area contributed by atoms with Crippen LogP contribution in [-0.2, 0) is 6.54 Å². The molecule has 21 heavy (non-hydrogen) atoms. The number of nitrogens with one attached hydrogen (secondary N) is 1. The van der Waals surface area contributed by atoms with Gasteiger partial charge in [-0.1, -0.05) is 15.9 Å². The van der Waals surface area contributed by atoms with Crippen molar-refractivity contribution < 1.29 is 14.6 Å². The van der Waals surface area contributed by atoms with Crippen LogP contribution in [0.3, 0.4) is 0 Å². The number of halogens is 1. The van der Waals surface area contributed by atoms with Crippen LogP contribution in [0.2, 0.25) is 0 Å². The highest BCUT2D eigenvalue weighted by atomic mass is 79.9. The maximum absolute atomic E-state index is 9.30. The van der Waals surface area contributed by atoms with Crippen LogP contribution in [-0.4, -0.2) is 30.0 Å². The lowest BCUT2D eigenvalue weighted by molar-refractivity contribution is 0.187. The number of aliphatic hydroxyl groups excluding tert-OH is 1. The Balaban J connectivity index is 2.97. The average Bonchev–Trinajstić information content (AvgIpc) is 2.40. The molecule has 0 aromatic heterocycles. The highest BCUT2D eigenvalue weighted by molar-refractivity contribution is 9.10. The smallest absolute Gasteiger partial charge is 0.162 e. The molecule has 0 saturated carbocycles.